The van der Waals surface area contributed by atoms with Crippen LogP contribution in [-0.2, 0) is 26.3 Å². The number of hydrogen-bond donors (Lipinski definition) is 3. The predicted molar refractivity (Wildman–Crippen MR) is 202 cm³/mol. The molecule has 0 bridgehead atoms. The number of fused-ring (bicyclic) bond motifs is 1. The van der Waals surface area contributed by atoms with E-state index in [2.05, 4.69) is 66.1 Å². The van der Waals surface area contributed by atoms with Crippen molar-refractivity contribution < 1.29 is 19.7 Å². The minimum absolute atomic E-state index is 0.155. The van der Waals surface area contributed by atoms with E-state index in [0.717, 1.165) is 57.1 Å². The van der Waals surface area contributed by atoms with E-state index in [1.807, 2.05) is 18.3 Å². The number of ether oxygens (including phenoxy) is 2. The molecule has 0 radical (unpaired) electrons. The average molecular weight is 774 g/mol. The van der Waals surface area contributed by atoms with Crippen molar-refractivity contribution in [2.45, 2.75) is 58.0 Å². The van der Waals surface area contributed by atoms with Gasteiger partial charge in [-0.25, -0.2) is 0 Å². The van der Waals surface area contributed by atoms with Crippen molar-refractivity contribution in [2.24, 2.45) is 0 Å². The molecule has 0 aliphatic carbocycles. The van der Waals surface area contributed by atoms with E-state index in [4.69, 9.17) is 26.2 Å². The van der Waals surface area contributed by atoms with Gasteiger partial charge in [0, 0.05) is 58.1 Å². The molecule has 1 aliphatic heterocycles. The predicted octanol–water partition coefficient (Wildman–Crippen LogP) is 6.86. The highest BCUT2D eigenvalue weighted by Gasteiger charge is 2.23. The van der Waals surface area contributed by atoms with Gasteiger partial charge < -0.3 is 29.9 Å². The molecule has 0 unspecified atom stereocenters. The Morgan fingerprint density at radius 1 is 0.941 bits per heavy atom. The van der Waals surface area contributed by atoms with Gasteiger partial charge >= 0.3 is 0 Å². The van der Waals surface area contributed by atoms with E-state index in [1.54, 1.807) is 31.3 Å². The van der Waals surface area contributed by atoms with Gasteiger partial charge in [0.2, 0.25) is 0 Å². The maximum atomic E-state index is 9.80. The molecule has 1 fully saturated rings. The molecule has 5 aromatic rings. The largest absolute Gasteiger partial charge is 0.488 e. The van der Waals surface area contributed by atoms with Gasteiger partial charge in [0.15, 0.2) is 0 Å². The van der Waals surface area contributed by atoms with Gasteiger partial charge in [-0.1, -0.05) is 41.9 Å². The van der Waals surface area contributed by atoms with E-state index in [-0.39, 0.29) is 33.0 Å². The molecule has 10 nitrogen and oxygen atoms in total. The van der Waals surface area contributed by atoms with Crippen LogP contribution in [0.1, 0.15) is 48.4 Å². The van der Waals surface area contributed by atoms with Gasteiger partial charge in [-0.2, -0.15) is 10.4 Å². The van der Waals surface area contributed by atoms with Gasteiger partial charge in [0.05, 0.1) is 41.1 Å². The second-order valence-electron chi connectivity index (χ2n) is 13.2. The molecule has 1 aliphatic rings. The Hall–Kier alpha value is -4.02. The van der Waals surface area contributed by atoms with E-state index >= 15 is 0 Å². The van der Waals surface area contributed by atoms with Gasteiger partial charge in [0.1, 0.15) is 30.8 Å². The zero-order valence-corrected chi connectivity index (χ0v) is 31.0. The summed E-state index contributed by atoms with van der Waals surface area (Å²) in [7, 11) is 0. The maximum absolute atomic E-state index is 9.80. The van der Waals surface area contributed by atoms with Crippen LogP contribution < -0.4 is 14.8 Å². The lowest BCUT2D eigenvalue weighted by Gasteiger charge is -2.27. The van der Waals surface area contributed by atoms with Crippen LogP contribution in [0.25, 0.3) is 22.0 Å². The van der Waals surface area contributed by atoms with Crippen molar-refractivity contribution >= 4 is 38.4 Å². The summed E-state index contributed by atoms with van der Waals surface area (Å²) in [6.45, 7) is 6.25. The molecular formula is C39H42BrClN6O4. The second kappa shape index (κ2) is 17.0. The lowest BCUT2D eigenvalue weighted by molar-refractivity contribution is 0.103. The molecule has 3 aromatic carbocycles. The Balaban J connectivity index is 1.21. The first kappa shape index (κ1) is 36.8. The number of benzene rings is 3. The number of nitriles is 1. The summed E-state index contributed by atoms with van der Waals surface area (Å²) in [6.07, 6.45) is 8.78. The van der Waals surface area contributed by atoms with Crippen molar-refractivity contribution in [1.29, 1.82) is 5.26 Å². The fourth-order valence-electron chi connectivity index (χ4n) is 6.24. The zero-order chi connectivity index (χ0) is 35.8. The Labute approximate surface area is 311 Å². The number of pyridine rings is 1. The third kappa shape index (κ3) is 8.90. The Morgan fingerprint density at radius 2 is 1.71 bits per heavy atom. The molecule has 0 amide bonds. The van der Waals surface area contributed by atoms with Crippen molar-refractivity contribution in [3.63, 3.8) is 0 Å². The van der Waals surface area contributed by atoms with Crippen LogP contribution in [0, 0.1) is 11.3 Å². The topological polar surface area (TPSA) is 129 Å². The molecule has 12 heteroatoms. The van der Waals surface area contributed by atoms with Gasteiger partial charge in [-0.05, 0) is 91.1 Å². The standard InChI is InChI=1S/C39H42BrClN6O4/c1-39(25-48,26-49)44-21-30-16-34(41)37(17-36(30)50-23-28-15-27(18-42)19-43-20-28)51-24-29-7-4-9-32(38(29)40)31-8-5-10-35-33(31)22-45-47(35)14-6-13-46-11-2-3-12-46/h4-5,7-10,15-17,19-20,22,44,48-49H,2-3,6,11-14,21,23-26H2,1H3. The third-order valence-electron chi connectivity index (χ3n) is 9.32. The molecule has 3 N–H and O–H groups in total. The molecule has 1 saturated heterocycles. The average Bonchev–Trinajstić information content (AvgIpc) is 3.84. The second-order valence-corrected chi connectivity index (χ2v) is 14.4. The number of rotatable bonds is 16. The minimum Gasteiger partial charge on any atom is -0.488 e. The normalized spacial score (nSPS) is 13.5. The van der Waals surface area contributed by atoms with Crippen molar-refractivity contribution in [1.82, 2.24) is 25.0 Å². The number of aliphatic hydroxyl groups excluding tert-OH is 2. The number of halogens is 2. The molecule has 2 aromatic heterocycles. The number of aryl methyl sites for hydroxylation is 1. The summed E-state index contributed by atoms with van der Waals surface area (Å²) in [5, 5.41) is 38.3. The molecule has 0 spiro atoms. The first-order chi connectivity index (χ1) is 24.8. The highest BCUT2D eigenvalue weighted by molar-refractivity contribution is 9.10. The van der Waals surface area contributed by atoms with E-state index in [9.17, 15) is 15.5 Å². The van der Waals surface area contributed by atoms with Crippen LogP contribution in [-0.4, -0.2) is 68.3 Å². The molecule has 6 rings (SSSR count). The summed E-state index contributed by atoms with van der Waals surface area (Å²) in [5.41, 5.74) is 5.15. The summed E-state index contributed by atoms with van der Waals surface area (Å²) in [6, 6.07) is 19.8. The van der Waals surface area contributed by atoms with Gasteiger partial charge in [-0.15, -0.1) is 0 Å². The molecule has 51 heavy (non-hydrogen) atoms. The molecular weight excluding hydrogens is 732 g/mol. The lowest BCUT2D eigenvalue weighted by atomic mass is 10.00. The fraction of sp³-hybridized carbons (Fsp3) is 0.359. The monoisotopic (exact) mass is 772 g/mol. The highest BCUT2D eigenvalue weighted by atomic mass is 79.9. The Morgan fingerprint density at radius 3 is 2.49 bits per heavy atom. The molecule has 266 valence electrons. The molecule has 3 heterocycles. The number of aromatic nitrogens is 3. The lowest BCUT2D eigenvalue weighted by Crippen LogP contribution is -2.48. The Kier molecular flexibility index (Phi) is 12.3. The number of likely N-dealkylation sites (tertiary alicyclic amines) is 1. The zero-order valence-electron chi connectivity index (χ0n) is 28.6. The highest BCUT2D eigenvalue weighted by Crippen LogP contribution is 2.38. The summed E-state index contributed by atoms with van der Waals surface area (Å²) in [4.78, 5) is 6.67. The van der Waals surface area contributed by atoms with Gasteiger partial charge in [-0.3, -0.25) is 9.67 Å². The van der Waals surface area contributed by atoms with E-state index < -0.39 is 5.54 Å². The van der Waals surface area contributed by atoms with Crippen LogP contribution in [0.2, 0.25) is 5.02 Å². The third-order valence-corrected chi connectivity index (χ3v) is 10.6. The fourth-order valence-corrected chi connectivity index (χ4v) is 7.07. The van der Waals surface area contributed by atoms with Crippen LogP contribution in [0.3, 0.4) is 0 Å². The van der Waals surface area contributed by atoms with Crippen molar-refractivity contribution in [3.05, 3.63) is 105 Å². The number of hydrogen-bond acceptors (Lipinski definition) is 9. The first-order valence-electron chi connectivity index (χ1n) is 17.1. The molecule has 0 atom stereocenters. The smallest absolute Gasteiger partial charge is 0.142 e. The minimum atomic E-state index is -0.905. The van der Waals surface area contributed by atoms with Crippen LogP contribution >= 0.6 is 27.5 Å². The van der Waals surface area contributed by atoms with E-state index in [0.29, 0.717) is 27.6 Å². The van der Waals surface area contributed by atoms with Crippen LogP contribution in [0.4, 0.5) is 0 Å². The first-order valence-corrected chi connectivity index (χ1v) is 18.3. The number of nitrogens with zero attached hydrogens (tertiary/aromatic N) is 5. The van der Waals surface area contributed by atoms with Crippen molar-refractivity contribution in [2.75, 3.05) is 32.8 Å². The molecule has 0 saturated carbocycles. The quantitative estimate of drug-likeness (QED) is 0.0986. The number of nitrogens with one attached hydrogen (secondary N) is 1. The van der Waals surface area contributed by atoms with E-state index in [1.165, 1.54) is 32.1 Å². The summed E-state index contributed by atoms with van der Waals surface area (Å²) >= 11 is 10.6. The maximum Gasteiger partial charge on any atom is 0.142 e. The Bertz CT molecular complexity index is 2000. The number of aliphatic hydroxyl groups is 2. The van der Waals surface area contributed by atoms with Crippen molar-refractivity contribution in [3.8, 4) is 28.7 Å². The van der Waals surface area contributed by atoms with Crippen LogP contribution in [0.5, 0.6) is 11.5 Å². The van der Waals surface area contributed by atoms with Crippen LogP contribution in [0.15, 0.2) is 77.7 Å². The summed E-state index contributed by atoms with van der Waals surface area (Å²) < 4.78 is 15.6. The summed E-state index contributed by atoms with van der Waals surface area (Å²) in [5.74, 6) is 0.931. The van der Waals surface area contributed by atoms with Gasteiger partial charge in [0.25, 0.3) is 0 Å². The SMILES string of the molecule is CC(CO)(CO)NCc1cc(Cl)c(OCc2cccc(-c3cccc4c3cnn4CCCN3CCCC3)c2Br)cc1OCc1cncc(C#N)c1.